The van der Waals surface area contributed by atoms with Gasteiger partial charge in [-0.25, -0.2) is 0 Å². The van der Waals surface area contributed by atoms with Crippen LogP contribution in [0.25, 0.3) is 10.8 Å². The monoisotopic (exact) mass is 353 g/mol. The quantitative estimate of drug-likeness (QED) is 0.676. The first-order valence-corrected chi connectivity index (χ1v) is 9.68. The molecule has 3 heterocycles. The fourth-order valence-corrected chi connectivity index (χ4v) is 4.20. The predicted octanol–water partition coefficient (Wildman–Crippen LogP) is 4.79. The summed E-state index contributed by atoms with van der Waals surface area (Å²) in [7, 11) is 0. The molecule has 0 N–H and O–H groups in total. The lowest BCUT2D eigenvalue weighted by Gasteiger charge is -2.30. The van der Waals surface area contributed by atoms with Crippen LogP contribution in [0.5, 0.6) is 0 Å². The molecule has 0 saturated carbocycles. The van der Waals surface area contributed by atoms with Gasteiger partial charge in [-0.2, -0.15) is 0 Å². The molecule has 1 saturated heterocycles. The number of benzene rings is 1. The fraction of sp³-hybridized carbons (Fsp3) is 0.400. The van der Waals surface area contributed by atoms with Crippen molar-refractivity contribution in [1.82, 2.24) is 15.1 Å². The Balaban J connectivity index is 1.37. The summed E-state index contributed by atoms with van der Waals surface area (Å²) in [4.78, 5) is 4.85. The largest absolute Gasteiger partial charge is 0.420 e. The average Bonchev–Trinajstić information content (AvgIpc) is 3.27. The highest BCUT2D eigenvalue weighted by atomic mass is 32.1. The Bertz CT molecular complexity index is 846. The molecule has 0 unspecified atom stereocenters. The second kappa shape index (κ2) is 7.10. The Morgan fingerprint density at radius 3 is 2.60 bits per heavy atom. The minimum Gasteiger partial charge on any atom is -0.420 e. The number of aryl methyl sites for hydroxylation is 2. The Morgan fingerprint density at radius 2 is 1.88 bits per heavy atom. The first-order valence-electron chi connectivity index (χ1n) is 8.86. The topological polar surface area (TPSA) is 42.2 Å². The summed E-state index contributed by atoms with van der Waals surface area (Å²) in [6, 6.07) is 12.8. The van der Waals surface area contributed by atoms with E-state index in [2.05, 4.69) is 65.3 Å². The van der Waals surface area contributed by atoms with Crippen molar-refractivity contribution >= 4 is 11.3 Å². The highest BCUT2D eigenvalue weighted by Crippen LogP contribution is 2.32. The second-order valence-corrected chi connectivity index (χ2v) is 8.12. The molecule has 130 valence electrons. The molecule has 0 spiro atoms. The molecule has 5 heteroatoms. The normalized spacial score (nSPS) is 16.4. The van der Waals surface area contributed by atoms with Gasteiger partial charge in [0, 0.05) is 17.3 Å². The number of nitrogens with zero attached hydrogens (tertiary/aromatic N) is 3. The van der Waals surface area contributed by atoms with Gasteiger partial charge in [0.2, 0.25) is 5.89 Å². The Morgan fingerprint density at radius 1 is 1.08 bits per heavy atom. The molecule has 2 aromatic heterocycles. The van der Waals surface area contributed by atoms with E-state index in [1.54, 1.807) is 11.3 Å². The number of thiophene rings is 1. The van der Waals surface area contributed by atoms with Crippen LogP contribution in [0.4, 0.5) is 0 Å². The summed E-state index contributed by atoms with van der Waals surface area (Å²) in [6.45, 7) is 7.47. The van der Waals surface area contributed by atoms with E-state index >= 15 is 0 Å². The number of piperidine rings is 1. The highest BCUT2D eigenvalue weighted by Gasteiger charge is 2.25. The van der Waals surface area contributed by atoms with Crippen molar-refractivity contribution in [1.29, 1.82) is 0 Å². The molecule has 0 aliphatic carbocycles. The van der Waals surface area contributed by atoms with Crippen molar-refractivity contribution < 1.29 is 4.42 Å². The zero-order valence-electron chi connectivity index (χ0n) is 14.7. The van der Waals surface area contributed by atoms with Crippen molar-refractivity contribution in [3.63, 3.8) is 0 Å². The smallest absolute Gasteiger partial charge is 0.257 e. The molecular weight excluding hydrogens is 330 g/mol. The van der Waals surface area contributed by atoms with Crippen LogP contribution in [0, 0.1) is 13.8 Å². The average molecular weight is 353 g/mol. The maximum atomic E-state index is 5.96. The van der Waals surface area contributed by atoms with Crippen LogP contribution in [0.15, 0.2) is 40.8 Å². The lowest BCUT2D eigenvalue weighted by atomic mass is 9.96. The van der Waals surface area contributed by atoms with Gasteiger partial charge in [0.1, 0.15) is 0 Å². The standard InChI is InChI=1S/C20H23N3OS/c1-14-5-3-4-6-17(14)13-23-11-9-16(10-12-23)19-21-22-20(24-19)18-8-7-15(2)25-18/h3-8,16H,9-13H2,1-2H3. The fourth-order valence-electron chi connectivity index (χ4n) is 3.42. The second-order valence-electron chi connectivity index (χ2n) is 6.83. The molecule has 4 rings (SSSR count). The third-order valence-electron chi connectivity index (χ3n) is 4.98. The van der Waals surface area contributed by atoms with Gasteiger partial charge < -0.3 is 4.42 Å². The van der Waals surface area contributed by atoms with Crippen LogP contribution in [-0.4, -0.2) is 28.2 Å². The summed E-state index contributed by atoms with van der Waals surface area (Å²) in [5, 5.41) is 8.57. The van der Waals surface area contributed by atoms with Gasteiger partial charge in [0.25, 0.3) is 5.89 Å². The van der Waals surface area contributed by atoms with Crippen molar-refractivity contribution in [3.05, 3.63) is 58.3 Å². The molecule has 1 aromatic carbocycles. The van der Waals surface area contributed by atoms with E-state index in [1.165, 1.54) is 16.0 Å². The van der Waals surface area contributed by atoms with Crippen LogP contribution in [0.1, 0.15) is 40.7 Å². The molecule has 1 fully saturated rings. The first-order chi connectivity index (χ1) is 12.2. The van der Waals surface area contributed by atoms with E-state index < -0.39 is 0 Å². The van der Waals surface area contributed by atoms with E-state index in [1.807, 2.05) is 0 Å². The Hall–Kier alpha value is -1.98. The van der Waals surface area contributed by atoms with Crippen molar-refractivity contribution in [2.24, 2.45) is 0 Å². The lowest BCUT2D eigenvalue weighted by Crippen LogP contribution is -2.32. The van der Waals surface area contributed by atoms with Crippen molar-refractivity contribution in [2.45, 2.75) is 39.2 Å². The molecule has 25 heavy (non-hydrogen) atoms. The third kappa shape index (κ3) is 3.67. The first kappa shape index (κ1) is 16.5. The van der Waals surface area contributed by atoms with Gasteiger partial charge in [0.15, 0.2) is 0 Å². The summed E-state index contributed by atoms with van der Waals surface area (Å²) >= 11 is 1.70. The number of hydrogen-bond acceptors (Lipinski definition) is 5. The summed E-state index contributed by atoms with van der Waals surface area (Å²) < 4.78 is 5.96. The molecular formula is C20H23N3OS. The van der Waals surface area contributed by atoms with Crippen molar-refractivity contribution in [2.75, 3.05) is 13.1 Å². The summed E-state index contributed by atoms with van der Waals surface area (Å²) in [6.07, 6.45) is 2.16. The zero-order valence-corrected chi connectivity index (χ0v) is 15.6. The van der Waals surface area contributed by atoms with Gasteiger partial charge in [-0.1, -0.05) is 24.3 Å². The number of aromatic nitrogens is 2. The maximum absolute atomic E-state index is 5.96. The Labute approximate surface area is 152 Å². The van der Waals surface area contributed by atoms with Gasteiger partial charge in [0.05, 0.1) is 4.88 Å². The molecule has 0 atom stereocenters. The van der Waals surface area contributed by atoms with Crippen molar-refractivity contribution in [3.8, 4) is 10.8 Å². The van der Waals surface area contributed by atoms with E-state index in [-0.39, 0.29) is 0 Å². The summed E-state index contributed by atoms with van der Waals surface area (Å²) in [5.41, 5.74) is 2.80. The molecule has 1 aliphatic rings. The van der Waals surface area contributed by atoms with Crippen LogP contribution >= 0.6 is 11.3 Å². The van der Waals surface area contributed by atoms with Crippen LogP contribution in [0.3, 0.4) is 0 Å². The molecule has 0 amide bonds. The third-order valence-corrected chi connectivity index (χ3v) is 5.97. The molecule has 3 aromatic rings. The number of rotatable bonds is 4. The van der Waals surface area contributed by atoms with Crippen LogP contribution in [0.2, 0.25) is 0 Å². The maximum Gasteiger partial charge on any atom is 0.257 e. The van der Waals surface area contributed by atoms with Gasteiger partial charge in [-0.3, -0.25) is 4.90 Å². The highest BCUT2D eigenvalue weighted by molar-refractivity contribution is 7.15. The van der Waals surface area contributed by atoms with Crippen LogP contribution < -0.4 is 0 Å². The minimum absolute atomic E-state index is 0.385. The SMILES string of the molecule is Cc1ccc(-c2nnc(C3CCN(Cc4ccccc4C)CC3)o2)s1. The molecule has 0 radical (unpaired) electrons. The minimum atomic E-state index is 0.385. The number of likely N-dealkylation sites (tertiary alicyclic amines) is 1. The predicted molar refractivity (Wildman–Crippen MR) is 101 cm³/mol. The van der Waals surface area contributed by atoms with E-state index in [0.717, 1.165) is 43.2 Å². The summed E-state index contributed by atoms with van der Waals surface area (Å²) in [5.74, 6) is 1.85. The molecule has 4 nitrogen and oxygen atoms in total. The zero-order chi connectivity index (χ0) is 17.2. The van der Waals surface area contributed by atoms with E-state index in [4.69, 9.17) is 4.42 Å². The molecule has 0 bridgehead atoms. The Kier molecular flexibility index (Phi) is 4.68. The van der Waals surface area contributed by atoms with Gasteiger partial charge in [-0.05, 0) is 63.0 Å². The lowest BCUT2D eigenvalue weighted by molar-refractivity contribution is 0.193. The van der Waals surface area contributed by atoms with Gasteiger partial charge >= 0.3 is 0 Å². The van der Waals surface area contributed by atoms with Gasteiger partial charge in [-0.15, -0.1) is 21.5 Å². The molecule has 1 aliphatic heterocycles. The van der Waals surface area contributed by atoms with E-state index in [9.17, 15) is 0 Å². The number of hydrogen-bond donors (Lipinski definition) is 0. The van der Waals surface area contributed by atoms with E-state index in [0.29, 0.717) is 11.8 Å². The van der Waals surface area contributed by atoms with Crippen LogP contribution in [-0.2, 0) is 6.54 Å².